The van der Waals surface area contributed by atoms with Gasteiger partial charge in [0.2, 0.25) is 0 Å². The lowest BCUT2D eigenvalue weighted by Gasteiger charge is -2.20. The molecule has 1 aromatic rings. The summed E-state index contributed by atoms with van der Waals surface area (Å²) in [5, 5.41) is 0. The second-order valence-corrected chi connectivity index (χ2v) is 5.53. The number of carbonyl (C=O) groups excluding carboxylic acids is 1. The fraction of sp³-hybridized carbons (Fsp3) is 0.471. The Kier molecular flexibility index (Phi) is 4.68. The molecule has 3 nitrogen and oxygen atoms in total. The molecule has 0 unspecified atom stereocenters. The van der Waals surface area contributed by atoms with E-state index in [0.717, 1.165) is 12.3 Å². The van der Waals surface area contributed by atoms with E-state index in [0.29, 0.717) is 18.0 Å². The number of amides is 1. The lowest BCUT2D eigenvalue weighted by Crippen LogP contribution is -2.33. The van der Waals surface area contributed by atoms with Crippen molar-refractivity contribution in [2.75, 3.05) is 13.1 Å². The largest absolute Gasteiger partial charge is 0.491 e. The van der Waals surface area contributed by atoms with Crippen molar-refractivity contribution in [2.45, 2.75) is 32.8 Å². The highest BCUT2D eigenvalue weighted by Gasteiger charge is 2.27. The molecule has 0 saturated heterocycles. The number of carbonyl (C=O) groups is 1. The minimum Gasteiger partial charge on any atom is -0.491 e. The third kappa shape index (κ3) is 4.03. The van der Waals surface area contributed by atoms with E-state index in [4.69, 9.17) is 11.2 Å². The average Bonchev–Trinajstić information content (AvgIpc) is 3.21. The highest BCUT2D eigenvalue weighted by atomic mass is 16.5. The van der Waals surface area contributed by atoms with E-state index < -0.39 is 0 Å². The van der Waals surface area contributed by atoms with Crippen LogP contribution in [-0.2, 0) is 0 Å². The zero-order valence-electron chi connectivity index (χ0n) is 12.1. The molecule has 106 valence electrons. The van der Waals surface area contributed by atoms with Crippen molar-refractivity contribution in [1.82, 2.24) is 4.90 Å². The summed E-state index contributed by atoms with van der Waals surface area (Å²) in [5.41, 5.74) is 0.638. The Morgan fingerprint density at radius 2 is 2.25 bits per heavy atom. The molecular weight excluding hydrogens is 250 g/mol. The van der Waals surface area contributed by atoms with Crippen molar-refractivity contribution in [3.63, 3.8) is 0 Å². The first kappa shape index (κ1) is 14.5. The van der Waals surface area contributed by atoms with Crippen LogP contribution >= 0.6 is 0 Å². The summed E-state index contributed by atoms with van der Waals surface area (Å²) in [5.74, 6) is 3.91. The van der Waals surface area contributed by atoms with Gasteiger partial charge in [0.05, 0.1) is 12.6 Å². The molecule has 0 radical (unpaired) electrons. The van der Waals surface area contributed by atoms with Gasteiger partial charge in [-0.1, -0.05) is 12.0 Å². The van der Waals surface area contributed by atoms with Gasteiger partial charge in [-0.05, 0) is 50.8 Å². The van der Waals surface area contributed by atoms with Crippen LogP contribution in [0.4, 0.5) is 0 Å². The molecular formula is C17H21NO2. The van der Waals surface area contributed by atoms with Crippen LogP contribution in [0, 0.1) is 18.3 Å². The first-order chi connectivity index (χ1) is 9.60. The van der Waals surface area contributed by atoms with Crippen LogP contribution in [0.1, 0.15) is 37.0 Å². The number of ether oxygens (including phenoxy) is 1. The maximum Gasteiger partial charge on any atom is 0.254 e. The summed E-state index contributed by atoms with van der Waals surface area (Å²) < 4.78 is 5.63. The van der Waals surface area contributed by atoms with Crippen molar-refractivity contribution in [3.05, 3.63) is 29.8 Å². The molecule has 1 aliphatic carbocycles. The fourth-order valence-electron chi connectivity index (χ4n) is 2.10. The van der Waals surface area contributed by atoms with Gasteiger partial charge >= 0.3 is 0 Å². The molecule has 0 aliphatic heterocycles. The Labute approximate surface area is 120 Å². The SMILES string of the molecule is C#CCN(CC1CC1)C(=O)c1cccc(OC(C)C)c1. The summed E-state index contributed by atoms with van der Waals surface area (Å²) in [4.78, 5) is 14.3. The predicted octanol–water partition coefficient (Wildman–Crippen LogP) is 2.96. The Hall–Kier alpha value is -1.95. The van der Waals surface area contributed by atoms with Gasteiger partial charge in [-0.25, -0.2) is 0 Å². The summed E-state index contributed by atoms with van der Waals surface area (Å²) >= 11 is 0. The van der Waals surface area contributed by atoms with Gasteiger partial charge in [-0.3, -0.25) is 4.79 Å². The van der Waals surface area contributed by atoms with Crippen LogP contribution in [0.2, 0.25) is 0 Å². The van der Waals surface area contributed by atoms with Gasteiger partial charge in [0.25, 0.3) is 5.91 Å². The lowest BCUT2D eigenvalue weighted by molar-refractivity contribution is 0.0769. The molecule has 1 aromatic carbocycles. The summed E-state index contributed by atoms with van der Waals surface area (Å²) in [6, 6.07) is 7.31. The van der Waals surface area contributed by atoms with Crippen LogP contribution in [0.3, 0.4) is 0 Å². The minimum atomic E-state index is -0.0101. The van der Waals surface area contributed by atoms with Crippen molar-refractivity contribution in [1.29, 1.82) is 0 Å². The number of hydrogen-bond acceptors (Lipinski definition) is 2. The van der Waals surface area contributed by atoms with Gasteiger partial charge in [0.1, 0.15) is 5.75 Å². The number of terminal acetylenes is 1. The molecule has 0 spiro atoms. The Balaban J connectivity index is 2.11. The maximum atomic E-state index is 12.5. The topological polar surface area (TPSA) is 29.5 Å². The predicted molar refractivity (Wildman–Crippen MR) is 79.7 cm³/mol. The number of hydrogen-bond donors (Lipinski definition) is 0. The van der Waals surface area contributed by atoms with Gasteiger partial charge in [0.15, 0.2) is 0 Å². The molecule has 0 bridgehead atoms. The van der Waals surface area contributed by atoms with Crippen LogP contribution in [-0.4, -0.2) is 30.0 Å². The van der Waals surface area contributed by atoms with Crippen molar-refractivity contribution >= 4 is 5.91 Å². The quantitative estimate of drug-likeness (QED) is 0.744. The second kappa shape index (κ2) is 6.47. The third-order valence-electron chi connectivity index (χ3n) is 3.20. The summed E-state index contributed by atoms with van der Waals surface area (Å²) in [7, 11) is 0. The molecule has 2 rings (SSSR count). The number of rotatable bonds is 6. The van der Waals surface area contributed by atoms with Gasteiger partial charge in [-0.2, -0.15) is 0 Å². The Bertz CT molecular complexity index is 512. The van der Waals surface area contributed by atoms with Crippen molar-refractivity contribution < 1.29 is 9.53 Å². The fourth-order valence-corrected chi connectivity index (χ4v) is 2.10. The van der Waals surface area contributed by atoms with E-state index in [1.807, 2.05) is 32.0 Å². The molecule has 0 atom stereocenters. The molecule has 1 aliphatic rings. The Morgan fingerprint density at radius 3 is 2.85 bits per heavy atom. The molecule has 1 amide bonds. The van der Waals surface area contributed by atoms with E-state index in [1.54, 1.807) is 11.0 Å². The summed E-state index contributed by atoms with van der Waals surface area (Å²) in [6.07, 6.45) is 7.86. The van der Waals surface area contributed by atoms with E-state index in [-0.39, 0.29) is 12.0 Å². The van der Waals surface area contributed by atoms with E-state index in [1.165, 1.54) is 12.8 Å². The first-order valence-corrected chi connectivity index (χ1v) is 7.09. The smallest absolute Gasteiger partial charge is 0.254 e. The zero-order chi connectivity index (χ0) is 14.5. The number of benzene rings is 1. The molecule has 20 heavy (non-hydrogen) atoms. The van der Waals surface area contributed by atoms with E-state index >= 15 is 0 Å². The molecule has 3 heteroatoms. The standard InChI is InChI=1S/C17H21NO2/c1-4-10-18(12-14-8-9-14)17(19)15-6-5-7-16(11-15)20-13(2)3/h1,5-7,11,13-14H,8-10,12H2,2-3H3. The minimum absolute atomic E-state index is 0.0101. The molecule has 0 heterocycles. The maximum absolute atomic E-state index is 12.5. The normalized spacial score (nSPS) is 13.9. The highest BCUT2D eigenvalue weighted by Crippen LogP contribution is 2.30. The van der Waals surface area contributed by atoms with Crippen molar-refractivity contribution in [2.24, 2.45) is 5.92 Å². The van der Waals surface area contributed by atoms with Gasteiger partial charge < -0.3 is 9.64 Å². The molecule has 0 N–H and O–H groups in total. The second-order valence-electron chi connectivity index (χ2n) is 5.53. The molecule has 1 saturated carbocycles. The van der Waals surface area contributed by atoms with Crippen LogP contribution in [0.5, 0.6) is 5.75 Å². The van der Waals surface area contributed by atoms with Crippen LogP contribution in [0.15, 0.2) is 24.3 Å². The Morgan fingerprint density at radius 1 is 1.50 bits per heavy atom. The monoisotopic (exact) mass is 271 g/mol. The van der Waals surface area contributed by atoms with E-state index in [2.05, 4.69) is 5.92 Å². The van der Waals surface area contributed by atoms with Crippen molar-refractivity contribution in [3.8, 4) is 18.1 Å². The average molecular weight is 271 g/mol. The summed E-state index contributed by atoms with van der Waals surface area (Å²) in [6.45, 7) is 5.06. The van der Waals surface area contributed by atoms with Crippen LogP contribution in [0.25, 0.3) is 0 Å². The molecule has 1 fully saturated rings. The van der Waals surface area contributed by atoms with E-state index in [9.17, 15) is 4.79 Å². The number of nitrogens with zero attached hydrogens (tertiary/aromatic N) is 1. The van der Waals surface area contributed by atoms with Gasteiger partial charge in [-0.15, -0.1) is 6.42 Å². The first-order valence-electron chi connectivity index (χ1n) is 7.09. The van der Waals surface area contributed by atoms with Crippen LogP contribution < -0.4 is 4.74 Å². The third-order valence-corrected chi connectivity index (χ3v) is 3.20. The molecule has 0 aromatic heterocycles. The lowest BCUT2D eigenvalue weighted by atomic mass is 10.1. The highest BCUT2D eigenvalue weighted by molar-refractivity contribution is 5.94. The zero-order valence-corrected chi connectivity index (χ0v) is 12.1. The van der Waals surface area contributed by atoms with Gasteiger partial charge in [0, 0.05) is 12.1 Å².